The van der Waals surface area contributed by atoms with Crippen molar-refractivity contribution in [1.29, 1.82) is 0 Å². The summed E-state index contributed by atoms with van der Waals surface area (Å²) in [7, 11) is 1.49. The third kappa shape index (κ3) is 9.13. The molecule has 0 aliphatic heterocycles. The first-order valence-corrected chi connectivity index (χ1v) is 17.3. The minimum atomic E-state index is -0.851. The number of aryl methyl sites for hydroxylation is 1. The molecule has 0 bridgehead atoms. The van der Waals surface area contributed by atoms with E-state index in [1.54, 1.807) is 18.5 Å². The summed E-state index contributed by atoms with van der Waals surface area (Å²) >= 11 is 0. The van der Waals surface area contributed by atoms with E-state index in [1.807, 2.05) is 36.4 Å². The quantitative estimate of drug-likeness (QED) is 0.0860. The van der Waals surface area contributed by atoms with Crippen LogP contribution in [0.15, 0.2) is 48.8 Å². The fourth-order valence-corrected chi connectivity index (χ4v) is 7.12. The Balaban J connectivity index is 1.56. The zero-order valence-corrected chi connectivity index (χ0v) is 28.3. The molecule has 2 unspecified atom stereocenters. The van der Waals surface area contributed by atoms with Crippen LogP contribution in [-0.4, -0.2) is 40.5 Å². The lowest BCUT2D eigenvalue weighted by atomic mass is 9.63. The molecule has 0 saturated carbocycles. The van der Waals surface area contributed by atoms with Crippen molar-refractivity contribution in [3.8, 4) is 11.5 Å². The molecular formula is C39H52N3O5-. The molecule has 47 heavy (non-hydrogen) atoms. The molecule has 0 fully saturated rings. The van der Waals surface area contributed by atoms with E-state index in [1.165, 1.54) is 20.0 Å². The minimum Gasteiger partial charge on any atom is -0.668 e. The number of anilines is 1. The van der Waals surface area contributed by atoms with E-state index in [0.717, 1.165) is 60.9 Å². The van der Waals surface area contributed by atoms with E-state index in [2.05, 4.69) is 23.8 Å². The number of nitrogens with zero attached hydrogens (tertiary/aromatic N) is 2. The van der Waals surface area contributed by atoms with E-state index < -0.39 is 11.3 Å². The number of hydrogen-bond donors (Lipinski definition) is 3. The largest absolute Gasteiger partial charge is 0.668 e. The van der Waals surface area contributed by atoms with Gasteiger partial charge in [0, 0.05) is 41.5 Å². The number of aliphatic hydroxyl groups is 1. The van der Waals surface area contributed by atoms with E-state index in [0.29, 0.717) is 36.6 Å². The maximum atomic E-state index is 13.1. The Kier molecular flexibility index (Phi) is 13.2. The van der Waals surface area contributed by atoms with E-state index in [-0.39, 0.29) is 42.5 Å². The van der Waals surface area contributed by atoms with E-state index in [9.17, 15) is 19.8 Å². The van der Waals surface area contributed by atoms with Crippen LogP contribution in [0.1, 0.15) is 118 Å². The number of benzene rings is 1. The Labute approximate surface area is 279 Å². The van der Waals surface area contributed by atoms with Crippen molar-refractivity contribution in [3.05, 3.63) is 76.7 Å². The SMILES string of the molecule is CCCCCC(CCCCC)CC(=O)CC(=O)CCc1cc(OC)c(O)c(C2c3ccnc(N)c3C=CC2(CO)Cc2ccc[n-]2)c1. The number of carbonyl (C=O) groups excluding carboxylic acids is 2. The summed E-state index contributed by atoms with van der Waals surface area (Å²) in [6.45, 7) is 4.16. The number of methoxy groups -OCH3 is 1. The fraction of sp³-hybridized carbons (Fsp3) is 0.513. The van der Waals surface area contributed by atoms with Gasteiger partial charge in [0.1, 0.15) is 17.4 Å². The Morgan fingerprint density at radius 3 is 2.45 bits per heavy atom. The number of Topliss-reactive ketones (excluding diaryl/α,β-unsaturated/α-hetero) is 2. The lowest BCUT2D eigenvalue weighted by Crippen LogP contribution is -2.37. The van der Waals surface area contributed by atoms with Crippen molar-refractivity contribution in [2.24, 2.45) is 11.3 Å². The van der Waals surface area contributed by atoms with Gasteiger partial charge in [0.15, 0.2) is 11.5 Å². The summed E-state index contributed by atoms with van der Waals surface area (Å²) in [4.78, 5) is 34.8. The number of rotatable bonds is 20. The number of unbranched alkanes of at least 4 members (excludes halogenated alkanes) is 4. The highest BCUT2D eigenvalue weighted by atomic mass is 16.5. The second kappa shape index (κ2) is 17.3. The highest BCUT2D eigenvalue weighted by Crippen LogP contribution is 2.53. The number of phenolic OH excluding ortho intramolecular Hbond substituents is 1. The topological polar surface area (TPSA) is 137 Å². The Hall–Kier alpha value is -3.91. The summed E-state index contributed by atoms with van der Waals surface area (Å²) in [5, 5.41) is 22.5. The van der Waals surface area contributed by atoms with Crippen molar-refractivity contribution in [3.63, 3.8) is 0 Å². The van der Waals surface area contributed by atoms with Gasteiger partial charge in [-0.1, -0.05) is 95.6 Å². The number of carbonyl (C=O) groups is 2. The number of ketones is 2. The van der Waals surface area contributed by atoms with Crippen LogP contribution in [-0.2, 0) is 22.4 Å². The van der Waals surface area contributed by atoms with Gasteiger partial charge in [0.25, 0.3) is 0 Å². The first kappa shape index (κ1) is 35.9. The van der Waals surface area contributed by atoms with Crippen molar-refractivity contribution < 1.29 is 24.5 Å². The molecular weight excluding hydrogens is 590 g/mol. The van der Waals surface area contributed by atoms with Crippen molar-refractivity contribution in [2.75, 3.05) is 19.5 Å². The molecule has 0 amide bonds. The number of nitrogen functional groups attached to an aromatic ring is 1. The minimum absolute atomic E-state index is 0.0302. The number of nitrogens with two attached hydrogens (primary N) is 1. The highest BCUT2D eigenvalue weighted by molar-refractivity contribution is 5.99. The van der Waals surface area contributed by atoms with Crippen LogP contribution in [0.4, 0.5) is 5.82 Å². The van der Waals surface area contributed by atoms with Crippen molar-refractivity contribution >= 4 is 23.5 Å². The lowest BCUT2D eigenvalue weighted by Gasteiger charge is -2.42. The molecule has 2 atom stereocenters. The van der Waals surface area contributed by atoms with E-state index >= 15 is 0 Å². The summed E-state index contributed by atoms with van der Waals surface area (Å²) in [5.41, 5.74) is 9.17. The number of aromatic nitrogens is 2. The normalized spacial score (nSPS) is 17.2. The van der Waals surface area contributed by atoms with Gasteiger partial charge in [-0.05, 0) is 42.0 Å². The molecule has 1 aliphatic carbocycles. The number of fused-ring (bicyclic) bond motifs is 1. The predicted octanol–water partition coefficient (Wildman–Crippen LogP) is 7.34. The predicted molar refractivity (Wildman–Crippen MR) is 187 cm³/mol. The van der Waals surface area contributed by atoms with Gasteiger partial charge in [-0.3, -0.25) is 9.59 Å². The number of aliphatic hydroxyl groups excluding tert-OH is 1. The summed E-state index contributed by atoms with van der Waals surface area (Å²) in [5.74, 6) is 0.382. The van der Waals surface area contributed by atoms with Gasteiger partial charge in [-0.2, -0.15) is 11.9 Å². The Morgan fingerprint density at radius 1 is 1.06 bits per heavy atom. The zero-order chi connectivity index (χ0) is 33.8. The van der Waals surface area contributed by atoms with Crippen LogP contribution in [0.5, 0.6) is 11.5 Å². The standard InChI is InChI=1S/C39H52N3O5/c1-4-6-8-11-27(12-9-7-5-2)21-31(45)24-30(44)15-14-28-22-34(37(46)35(23-28)47-3)36-32-17-20-42-38(40)33(32)16-18-39(36,26-43)25-29-13-10-19-41-29/h10,13,16-20,22-23,27,36,43,46H,4-9,11-12,14-15,21,24-26H2,1-3H3,(H2,40,42)/q-1. The van der Waals surface area contributed by atoms with Crippen molar-refractivity contribution in [2.45, 2.75) is 103 Å². The van der Waals surface area contributed by atoms with Crippen LogP contribution in [0, 0.1) is 11.3 Å². The molecule has 8 heteroatoms. The molecule has 4 rings (SSSR count). The maximum absolute atomic E-state index is 13.1. The molecule has 0 radical (unpaired) electrons. The number of hydrogen-bond acceptors (Lipinski definition) is 7. The number of phenols is 1. The van der Waals surface area contributed by atoms with Gasteiger partial charge in [-0.15, -0.1) is 0 Å². The Bertz CT molecular complexity index is 1490. The molecule has 0 saturated heterocycles. The lowest BCUT2D eigenvalue weighted by molar-refractivity contribution is -0.127. The van der Waals surface area contributed by atoms with Crippen LogP contribution in [0.25, 0.3) is 6.08 Å². The second-order valence-corrected chi connectivity index (χ2v) is 13.2. The Morgan fingerprint density at radius 2 is 1.81 bits per heavy atom. The molecule has 2 aromatic heterocycles. The van der Waals surface area contributed by atoms with Gasteiger partial charge < -0.3 is 25.7 Å². The van der Waals surface area contributed by atoms with Gasteiger partial charge >= 0.3 is 0 Å². The summed E-state index contributed by atoms with van der Waals surface area (Å²) in [6.07, 6.45) is 17.6. The third-order valence-corrected chi connectivity index (χ3v) is 9.67. The second-order valence-electron chi connectivity index (χ2n) is 13.2. The van der Waals surface area contributed by atoms with Gasteiger partial charge in [-0.25, -0.2) is 4.98 Å². The molecule has 3 aromatic rings. The van der Waals surface area contributed by atoms with Gasteiger partial charge in [0.05, 0.1) is 20.1 Å². The molecule has 0 spiro atoms. The molecule has 1 aromatic carbocycles. The molecule has 8 nitrogen and oxygen atoms in total. The van der Waals surface area contributed by atoms with Crippen LogP contribution in [0.2, 0.25) is 0 Å². The molecule has 1 aliphatic rings. The smallest absolute Gasteiger partial charge is 0.161 e. The van der Waals surface area contributed by atoms with Crippen LogP contribution < -0.4 is 15.5 Å². The fourth-order valence-electron chi connectivity index (χ4n) is 7.12. The molecule has 254 valence electrons. The monoisotopic (exact) mass is 642 g/mol. The first-order valence-electron chi connectivity index (χ1n) is 17.3. The van der Waals surface area contributed by atoms with Crippen LogP contribution >= 0.6 is 0 Å². The van der Waals surface area contributed by atoms with Crippen molar-refractivity contribution in [1.82, 2.24) is 9.97 Å². The highest BCUT2D eigenvalue weighted by Gasteiger charge is 2.43. The number of pyridine rings is 1. The summed E-state index contributed by atoms with van der Waals surface area (Å²) < 4.78 is 5.61. The third-order valence-electron chi connectivity index (χ3n) is 9.67. The van der Waals surface area contributed by atoms with Crippen LogP contribution in [0.3, 0.4) is 0 Å². The molecule has 2 heterocycles. The average Bonchev–Trinajstić information content (AvgIpc) is 3.57. The summed E-state index contributed by atoms with van der Waals surface area (Å²) in [6, 6.07) is 9.28. The molecule has 4 N–H and O–H groups in total. The zero-order valence-electron chi connectivity index (χ0n) is 28.3. The average molecular weight is 643 g/mol. The number of aromatic hydroxyl groups is 1. The van der Waals surface area contributed by atoms with Gasteiger partial charge in [0.2, 0.25) is 0 Å². The first-order chi connectivity index (χ1) is 22.7. The number of ether oxygens (including phenoxy) is 1. The maximum Gasteiger partial charge on any atom is 0.161 e. The van der Waals surface area contributed by atoms with E-state index in [4.69, 9.17) is 10.5 Å².